The van der Waals surface area contributed by atoms with Crippen LogP contribution < -0.4 is 30.4 Å². The molecule has 16 nitrogen and oxygen atoms in total. The Kier molecular flexibility index (Phi) is 10.0. The predicted molar refractivity (Wildman–Crippen MR) is 183 cm³/mol. The van der Waals surface area contributed by atoms with Crippen molar-refractivity contribution in [1.82, 2.24) is 30.2 Å². The van der Waals surface area contributed by atoms with Crippen molar-refractivity contribution in [2.45, 2.75) is 94.2 Å². The van der Waals surface area contributed by atoms with Gasteiger partial charge in [0.05, 0.1) is 29.9 Å². The number of fused-ring (bicyclic) bond motifs is 3. The fourth-order valence-corrected chi connectivity index (χ4v) is 8.62. The van der Waals surface area contributed by atoms with Gasteiger partial charge in [0.1, 0.15) is 29.5 Å². The zero-order chi connectivity index (χ0) is 36.7. The SMILES string of the molecule is CC[C@@H]1C[C@H](C)CCC=C[C@@H]2C[C@@]2(C(=O)NS(=O)(=O)C2CC2)NC(=O)[C@@H]2C[C@@H](Oc3nc4cc(OC)ccc4[nH]c3=O)CN2C(=O)[C@H]1NC(=O)O. The number of methoxy groups -OCH3 is 1. The molecule has 1 aromatic carbocycles. The number of amides is 4. The number of benzene rings is 1. The van der Waals surface area contributed by atoms with Crippen molar-refractivity contribution in [2.24, 2.45) is 17.8 Å². The first-order chi connectivity index (χ1) is 24.2. The fraction of sp³-hybridized carbons (Fsp3) is 0.588. The lowest BCUT2D eigenvalue weighted by molar-refractivity contribution is -0.142. The third-order valence-electron chi connectivity index (χ3n) is 10.4. The number of nitrogens with zero attached hydrogens (tertiary/aromatic N) is 2. The van der Waals surface area contributed by atoms with E-state index in [1.54, 1.807) is 18.2 Å². The third kappa shape index (κ3) is 7.67. The molecule has 3 fully saturated rings. The summed E-state index contributed by atoms with van der Waals surface area (Å²) >= 11 is 0. The second-order valence-corrected chi connectivity index (χ2v) is 16.1. The van der Waals surface area contributed by atoms with Crippen LogP contribution >= 0.6 is 0 Å². The summed E-state index contributed by atoms with van der Waals surface area (Å²) in [6.07, 6.45) is 4.66. The van der Waals surface area contributed by atoms with Crippen LogP contribution in [0.4, 0.5) is 4.79 Å². The van der Waals surface area contributed by atoms with Crippen molar-refractivity contribution in [3.8, 4) is 11.6 Å². The zero-order valence-corrected chi connectivity index (χ0v) is 29.5. The van der Waals surface area contributed by atoms with Crippen molar-refractivity contribution in [3.63, 3.8) is 0 Å². The second-order valence-electron chi connectivity index (χ2n) is 14.1. The molecule has 7 atom stereocenters. The van der Waals surface area contributed by atoms with Crippen molar-refractivity contribution in [3.05, 3.63) is 40.7 Å². The molecule has 1 aromatic heterocycles. The number of nitrogens with one attached hydrogen (secondary N) is 4. The van der Waals surface area contributed by atoms with Gasteiger partial charge in [-0.05, 0) is 62.5 Å². The van der Waals surface area contributed by atoms with E-state index in [4.69, 9.17) is 9.47 Å². The molecule has 2 aliphatic heterocycles. The standard InChI is InChI=1S/C34H44N6O10S/c1-4-19-13-18(2)7-5-6-8-20-16-34(20,32(44)39-51(47,48)23-10-11-23)38-28(41)26-15-22(17-40(26)31(43)27(19)37-33(45)46)50-30-29(42)35-24-12-9-21(49-3)14-25(24)36-30/h6,8-9,12,14,18-20,22-23,26-27,37H,4-5,7,10-11,13,15-17H2,1-3H3,(H,35,42)(H,38,41)(H,39,44)(H,45,46)/t18-,19-,20-,22-,26+,27+,34-/m1/s1. The maximum atomic E-state index is 14.4. The monoisotopic (exact) mass is 728 g/mol. The number of rotatable bonds is 8. The molecule has 2 aliphatic carbocycles. The number of hydrogen-bond acceptors (Lipinski definition) is 10. The van der Waals surface area contributed by atoms with E-state index >= 15 is 0 Å². The van der Waals surface area contributed by atoms with Crippen LogP contribution in [0, 0.1) is 17.8 Å². The molecular weight excluding hydrogens is 684 g/mol. The number of carbonyl (C=O) groups excluding carboxylic acids is 3. The van der Waals surface area contributed by atoms with E-state index in [2.05, 4.69) is 25.3 Å². The number of allylic oxidation sites excluding steroid dienone is 1. The van der Waals surface area contributed by atoms with Crippen LogP contribution in [0.25, 0.3) is 11.0 Å². The van der Waals surface area contributed by atoms with E-state index in [9.17, 15) is 37.5 Å². The summed E-state index contributed by atoms with van der Waals surface area (Å²) in [5.41, 5.74) is -1.41. The van der Waals surface area contributed by atoms with E-state index in [0.717, 1.165) is 6.42 Å². The van der Waals surface area contributed by atoms with E-state index in [-0.39, 0.29) is 31.2 Å². The Bertz CT molecular complexity index is 1910. The number of aromatic nitrogens is 2. The molecule has 5 N–H and O–H groups in total. The number of sulfonamides is 1. The van der Waals surface area contributed by atoms with Crippen LogP contribution in [0.3, 0.4) is 0 Å². The molecule has 0 unspecified atom stereocenters. The lowest BCUT2D eigenvalue weighted by Gasteiger charge is -2.33. The summed E-state index contributed by atoms with van der Waals surface area (Å²) in [6.45, 7) is 3.69. The van der Waals surface area contributed by atoms with Crippen LogP contribution in [0.2, 0.25) is 0 Å². The van der Waals surface area contributed by atoms with Gasteiger partial charge in [-0.3, -0.25) is 23.9 Å². The Hall–Kier alpha value is -4.67. The summed E-state index contributed by atoms with van der Waals surface area (Å²) in [6, 6.07) is 2.44. The minimum absolute atomic E-state index is 0.0982. The smallest absolute Gasteiger partial charge is 0.405 e. The lowest BCUT2D eigenvalue weighted by Crippen LogP contribution is -2.59. The van der Waals surface area contributed by atoms with Crippen LogP contribution in [-0.2, 0) is 24.4 Å². The Morgan fingerprint density at radius 1 is 1.16 bits per heavy atom. The maximum Gasteiger partial charge on any atom is 0.405 e. The van der Waals surface area contributed by atoms with E-state index in [0.29, 0.717) is 48.9 Å². The normalized spacial score (nSPS) is 29.9. The van der Waals surface area contributed by atoms with Gasteiger partial charge in [-0.15, -0.1) is 0 Å². The Morgan fingerprint density at radius 2 is 1.92 bits per heavy atom. The van der Waals surface area contributed by atoms with Crippen molar-refractivity contribution < 1.29 is 42.2 Å². The molecule has 2 saturated carbocycles. The first-order valence-corrected chi connectivity index (χ1v) is 18.9. The number of ether oxygens (including phenoxy) is 2. The molecule has 276 valence electrons. The Labute approximate surface area is 294 Å². The molecule has 4 aliphatic rings. The van der Waals surface area contributed by atoms with Crippen LogP contribution in [0.15, 0.2) is 35.1 Å². The number of carboxylic acid groups (broad SMARTS) is 1. The molecule has 17 heteroatoms. The van der Waals surface area contributed by atoms with E-state index in [1.807, 2.05) is 26.0 Å². The topological polar surface area (TPSA) is 226 Å². The molecule has 0 bridgehead atoms. The van der Waals surface area contributed by atoms with Gasteiger partial charge in [0.15, 0.2) is 0 Å². The molecule has 0 radical (unpaired) electrons. The molecule has 3 heterocycles. The highest BCUT2D eigenvalue weighted by Crippen LogP contribution is 2.46. The summed E-state index contributed by atoms with van der Waals surface area (Å²) in [4.78, 5) is 75.6. The minimum atomic E-state index is -3.93. The second kappa shape index (κ2) is 14.2. The highest BCUT2D eigenvalue weighted by atomic mass is 32.2. The lowest BCUT2D eigenvalue weighted by atomic mass is 9.85. The highest BCUT2D eigenvalue weighted by molar-refractivity contribution is 7.91. The largest absolute Gasteiger partial charge is 0.497 e. The maximum absolute atomic E-state index is 14.4. The highest BCUT2D eigenvalue weighted by Gasteiger charge is 2.62. The summed E-state index contributed by atoms with van der Waals surface area (Å²) < 4.78 is 39.0. The van der Waals surface area contributed by atoms with Gasteiger partial charge in [0, 0.05) is 18.4 Å². The van der Waals surface area contributed by atoms with Crippen molar-refractivity contribution >= 4 is 44.9 Å². The fourth-order valence-electron chi connectivity index (χ4n) is 7.26. The number of carbonyl (C=O) groups is 4. The summed E-state index contributed by atoms with van der Waals surface area (Å²) in [5, 5.41) is 14.3. The average Bonchev–Trinajstić information content (AvgIpc) is 4.01. The van der Waals surface area contributed by atoms with Crippen molar-refractivity contribution in [2.75, 3.05) is 13.7 Å². The van der Waals surface area contributed by atoms with E-state index < -0.39 is 80.2 Å². The average molecular weight is 729 g/mol. The zero-order valence-electron chi connectivity index (χ0n) is 28.7. The Balaban J connectivity index is 1.35. The molecule has 51 heavy (non-hydrogen) atoms. The first kappa shape index (κ1) is 36.1. The van der Waals surface area contributed by atoms with Gasteiger partial charge in [-0.1, -0.05) is 32.4 Å². The van der Waals surface area contributed by atoms with Gasteiger partial charge >= 0.3 is 11.7 Å². The summed E-state index contributed by atoms with van der Waals surface area (Å²) in [7, 11) is -2.44. The van der Waals surface area contributed by atoms with Crippen LogP contribution in [-0.4, -0.2) is 94.8 Å². The van der Waals surface area contributed by atoms with Crippen molar-refractivity contribution in [1.29, 1.82) is 0 Å². The molecule has 4 amide bonds. The minimum Gasteiger partial charge on any atom is -0.497 e. The Morgan fingerprint density at radius 3 is 2.61 bits per heavy atom. The predicted octanol–water partition coefficient (Wildman–Crippen LogP) is 1.80. The van der Waals surface area contributed by atoms with Gasteiger partial charge < -0.3 is 35.1 Å². The summed E-state index contributed by atoms with van der Waals surface area (Å²) in [5.74, 6) is -2.84. The van der Waals surface area contributed by atoms with Crippen LogP contribution in [0.1, 0.15) is 65.2 Å². The molecule has 1 saturated heterocycles. The first-order valence-electron chi connectivity index (χ1n) is 17.3. The van der Waals surface area contributed by atoms with Gasteiger partial charge in [0.25, 0.3) is 11.8 Å². The number of H-pyrrole nitrogens is 1. The quantitative estimate of drug-likeness (QED) is 0.246. The van der Waals surface area contributed by atoms with Gasteiger partial charge in [-0.25, -0.2) is 18.2 Å². The molecule has 2 aromatic rings. The van der Waals surface area contributed by atoms with Crippen LogP contribution in [0.5, 0.6) is 11.6 Å². The van der Waals surface area contributed by atoms with Gasteiger partial charge in [-0.2, -0.15) is 0 Å². The number of hydrogen-bond donors (Lipinski definition) is 5. The molecular formula is C34H44N6O10S. The third-order valence-corrected chi connectivity index (χ3v) is 12.2. The molecule has 0 spiro atoms. The van der Waals surface area contributed by atoms with Gasteiger partial charge in [0.2, 0.25) is 21.8 Å². The molecule has 6 rings (SSSR count). The van der Waals surface area contributed by atoms with E-state index in [1.165, 1.54) is 12.0 Å². The number of aromatic amines is 1.